The van der Waals surface area contributed by atoms with Gasteiger partial charge in [-0.05, 0) is 78.1 Å². The van der Waals surface area contributed by atoms with Crippen molar-refractivity contribution in [1.29, 1.82) is 0 Å². The molecule has 1 rings (SSSR count). The molecule has 0 saturated carbocycles. The van der Waals surface area contributed by atoms with Gasteiger partial charge in [0, 0.05) is 9.61 Å². The lowest BCUT2D eigenvalue weighted by Crippen LogP contribution is -2.32. The maximum absolute atomic E-state index is 3.65. The van der Waals surface area contributed by atoms with Crippen LogP contribution in [-0.4, -0.2) is 24.6 Å². The molecule has 0 amide bonds. The molecule has 0 aliphatic heterocycles. The molecule has 0 aliphatic rings. The average Bonchev–Trinajstić information content (AvgIpc) is 2.35. The fourth-order valence-electron chi connectivity index (χ4n) is 1.79. The van der Waals surface area contributed by atoms with Gasteiger partial charge in [-0.2, -0.15) is 11.8 Å². The maximum Gasteiger partial charge on any atom is 0.0130 e. The van der Waals surface area contributed by atoms with E-state index in [2.05, 4.69) is 65.4 Å². The van der Waals surface area contributed by atoms with Crippen LogP contribution >= 0.6 is 34.4 Å². The molecule has 1 unspecified atom stereocenters. The van der Waals surface area contributed by atoms with Crippen LogP contribution in [0.25, 0.3) is 0 Å². The summed E-state index contributed by atoms with van der Waals surface area (Å²) in [5, 5.41) is 3.65. The topological polar surface area (TPSA) is 12.0 Å². The van der Waals surface area contributed by atoms with E-state index in [1.54, 1.807) is 0 Å². The van der Waals surface area contributed by atoms with Crippen molar-refractivity contribution in [3.63, 3.8) is 0 Å². The third-order valence-electron chi connectivity index (χ3n) is 2.75. The predicted molar refractivity (Wildman–Crippen MR) is 87.9 cm³/mol. The van der Waals surface area contributed by atoms with Gasteiger partial charge in [0.15, 0.2) is 0 Å². The van der Waals surface area contributed by atoms with Crippen LogP contribution in [0.1, 0.15) is 25.3 Å². The number of hydrogen-bond donors (Lipinski definition) is 1. The second-order valence-corrected chi connectivity index (χ2v) is 6.49. The zero-order chi connectivity index (χ0) is 12.5. The number of thioether (sulfide) groups is 1. The maximum atomic E-state index is 3.65. The molecule has 0 radical (unpaired) electrons. The van der Waals surface area contributed by atoms with Crippen molar-refractivity contribution < 1.29 is 0 Å². The first kappa shape index (κ1) is 15.3. The largest absolute Gasteiger partial charge is 0.314 e. The zero-order valence-electron chi connectivity index (χ0n) is 10.7. The molecular formula is C14H22INS. The summed E-state index contributed by atoms with van der Waals surface area (Å²) < 4.78 is 1.31. The van der Waals surface area contributed by atoms with Crippen LogP contribution in [0.4, 0.5) is 0 Å². The van der Waals surface area contributed by atoms with Crippen molar-refractivity contribution in [1.82, 2.24) is 5.32 Å². The van der Waals surface area contributed by atoms with Crippen molar-refractivity contribution in [3.05, 3.63) is 33.4 Å². The fraction of sp³-hybridized carbons (Fsp3) is 0.571. The van der Waals surface area contributed by atoms with E-state index in [0.29, 0.717) is 6.04 Å². The van der Waals surface area contributed by atoms with Gasteiger partial charge in [-0.3, -0.25) is 0 Å². The van der Waals surface area contributed by atoms with Crippen molar-refractivity contribution in [2.75, 3.05) is 18.6 Å². The van der Waals surface area contributed by atoms with Gasteiger partial charge < -0.3 is 5.32 Å². The van der Waals surface area contributed by atoms with E-state index in [0.717, 1.165) is 13.0 Å². The van der Waals surface area contributed by atoms with Crippen molar-refractivity contribution in [3.8, 4) is 0 Å². The van der Waals surface area contributed by atoms with Crippen LogP contribution in [0, 0.1) is 3.57 Å². The smallest absolute Gasteiger partial charge is 0.0130 e. The van der Waals surface area contributed by atoms with Crippen LogP contribution < -0.4 is 5.32 Å². The quantitative estimate of drug-likeness (QED) is 0.702. The van der Waals surface area contributed by atoms with E-state index in [4.69, 9.17) is 0 Å². The number of halogens is 1. The Morgan fingerprint density at radius 1 is 1.29 bits per heavy atom. The second-order valence-electron chi connectivity index (χ2n) is 4.26. The molecule has 1 N–H and O–H groups in total. The highest BCUT2D eigenvalue weighted by Gasteiger charge is 2.08. The Morgan fingerprint density at radius 3 is 2.59 bits per heavy atom. The van der Waals surface area contributed by atoms with Crippen LogP contribution in [-0.2, 0) is 6.42 Å². The Hall–Kier alpha value is 0.260. The number of rotatable bonds is 8. The molecule has 0 fully saturated rings. The van der Waals surface area contributed by atoms with E-state index in [1.807, 2.05) is 11.8 Å². The minimum absolute atomic E-state index is 0.627. The van der Waals surface area contributed by atoms with Crippen molar-refractivity contribution >= 4 is 34.4 Å². The van der Waals surface area contributed by atoms with E-state index < -0.39 is 0 Å². The minimum atomic E-state index is 0.627. The Bertz CT molecular complexity index is 292. The first-order valence-corrected chi connectivity index (χ1v) is 8.70. The van der Waals surface area contributed by atoms with Crippen LogP contribution in [0.3, 0.4) is 0 Å². The summed E-state index contributed by atoms with van der Waals surface area (Å²) in [4.78, 5) is 0. The molecular weight excluding hydrogens is 341 g/mol. The zero-order valence-corrected chi connectivity index (χ0v) is 13.7. The molecule has 0 heterocycles. The summed E-state index contributed by atoms with van der Waals surface area (Å²) in [6.45, 7) is 3.35. The number of benzene rings is 1. The predicted octanol–water partition coefficient (Wildman–Crippen LogP) is 3.96. The van der Waals surface area contributed by atoms with Gasteiger partial charge in [-0.15, -0.1) is 0 Å². The van der Waals surface area contributed by atoms with Gasteiger partial charge >= 0.3 is 0 Å². The summed E-state index contributed by atoms with van der Waals surface area (Å²) in [7, 11) is 0. The third kappa shape index (κ3) is 6.67. The Kier molecular flexibility index (Phi) is 8.31. The molecule has 1 atom stereocenters. The summed E-state index contributed by atoms with van der Waals surface area (Å²) in [6.07, 6.45) is 5.80. The lowest BCUT2D eigenvalue weighted by atomic mass is 10.0. The summed E-state index contributed by atoms with van der Waals surface area (Å²) in [6, 6.07) is 9.52. The molecule has 3 heteroatoms. The van der Waals surface area contributed by atoms with Crippen LogP contribution in [0.2, 0.25) is 0 Å². The van der Waals surface area contributed by atoms with E-state index in [9.17, 15) is 0 Å². The highest BCUT2D eigenvalue weighted by Crippen LogP contribution is 2.11. The molecule has 0 saturated heterocycles. The molecule has 17 heavy (non-hydrogen) atoms. The minimum Gasteiger partial charge on any atom is -0.314 e. The van der Waals surface area contributed by atoms with Crippen molar-refractivity contribution in [2.45, 2.75) is 32.2 Å². The summed E-state index contributed by atoms with van der Waals surface area (Å²) >= 11 is 4.29. The molecule has 0 bridgehead atoms. The molecule has 96 valence electrons. The van der Waals surface area contributed by atoms with Crippen LogP contribution in [0.5, 0.6) is 0 Å². The number of nitrogens with one attached hydrogen (secondary N) is 1. The van der Waals surface area contributed by atoms with Gasteiger partial charge in [-0.25, -0.2) is 0 Å². The van der Waals surface area contributed by atoms with Gasteiger partial charge in [-0.1, -0.05) is 19.1 Å². The van der Waals surface area contributed by atoms with E-state index in [1.165, 1.54) is 27.7 Å². The van der Waals surface area contributed by atoms with Crippen molar-refractivity contribution in [2.24, 2.45) is 0 Å². The molecule has 1 aromatic carbocycles. The van der Waals surface area contributed by atoms with Gasteiger partial charge in [0.25, 0.3) is 0 Å². The Balaban J connectivity index is 2.48. The highest BCUT2D eigenvalue weighted by molar-refractivity contribution is 14.1. The van der Waals surface area contributed by atoms with Crippen LogP contribution in [0.15, 0.2) is 24.3 Å². The first-order valence-electron chi connectivity index (χ1n) is 6.23. The van der Waals surface area contributed by atoms with Gasteiger partial charge in [0.1, 0.15) is 0 Å². The second kappa shape index (κ2) is 9.22. The van der Waals surface area contributed by atoms with Gasteiger partial charge in [0.05, 0.1) is 0 Å². The standard InChI is InChI=1S/C14H22INS/c1-3-9-16-14(8-10-17-2)11-12-4-6-13(15)7-5-12/h4-7,14,16H,3,8-11H2,1-2H3. The summed E-state index contributed by atoms with van der Waals surface area (Å²) in [5.41, 5.74) is 1.44. The molecule has 0 aliphatic carbocycles. The SMILES string of the molecule is CCCNC(CCSC)Cc1ccc(I)cc1. The molecule has 0 aromatic heterocycles. The lowest BCUT2D eigenvalue weighted by molar-refractivity contribution is 0.497. The van der Waals surface area contributed by atoms with E-state index >= 15 is 0 Å². The summed E-state index contributed by atoms with van der Waals surface area (Å²) in [5.74, 6) is 1.24. The number of hydrogen-bond acceptors (Lipinski definition) is 2. The molecule has 0 spiro atoms. The van der Waals surface area contributed by atoms with E-state index in [-0.39, 0.29) is 0 Å². The molecule has 1 nitrogen and oxygen atoms in total. The Labute approximate surface area is 123 Å². The lowest BCUT2D eigenvalue weighted by Gasteiger charge is -2.18. The molecule has 1 aromatic rings. The van der Waals surface area contributed by atoms with Gasteiger partial charge in [0.2, 0.25) is 0 Å². The third-order valence-corrected chi connectivity index (χ3v) is 4.11. The highest BCUT2D eigenvalue weighted by atomic mass is 127. The monoisotopic (exact) mass is 363 g/mol. The first-order chi connectivity index (χ1) is 8.26. The average molecular weight is 363 g/mol. The fourth-order valence-corrected chi connectivity index (χ4v) is 2.67. The Morgan fingerprint density at radius 2 is 2.00 bits per heavy atom. The normalized spacial score (nSPS) is 12.6.